The van der Waals surface area contributed by atoms with E-state index in [0.717, 1.165) is 0 Å². The average Bonchev–Trinajstić information content (AvgIpc) is 2.90. The SMILES string of the molecule is c1ccc(-[n+]2cc[n+](-c3ccccc3)[pH]2)cc1. The highest BCUT2D eigenvalue weighted by atomic mass is 31.1. The summed E-state index contributed by atoms with van der Waals surface area (Å²) in [5.41, 5.74) is 2.47. The monoisotopic (exact) mass is 240 g/mol. The van der Waals surface area contributed by atoms with E-state index in [1.54, 1.807) is 0 Å². The van der Waals surface area contributed by atoms with Gasteiger partial charge in [-0.3, -0.25) is 0 Å². The third-order valence-corrected chi connectivity index (χ3v) is 3.89. The molecular formula is C14H13N2P+2. The zero-order valence-corrected chi connectivity index (χ0v) is 10.3. The molecule has 82 valence electrons. The van der Waals surface area contributed by atoms with E-state index in [0.29, 0.717) is 8.51 Å². The van der Waals surface area contributed by atoms with Crippen molar-refractivity contribution in [1.29, 1.82) is 0 Å². The van der Waals surface area contributed by atoms with Crippen molar-refractivity contribution in [3.05, 3.63) is 73.1 Å². The van der Waals surface area contributed by atoms with Crippen LogP contribution in [0.3, 0.4) is 0 Å². The number of hydrogen-bond donors (Lipinski definition) is 0. The maximum Gasteiger partial charge on any atom is 0.399 e. The molecule has 0 atom stereocenters. The fourth-order valence-electron chi connectivity index (χ4n) is 1.78. The van der Waals surface area contributed by atoms with Crippen LogP contribution in [-0.4, -0.2) is 0 Å². The largest absolute Gasteiger partial charge is 0.399 e. The Morgan fingerprint density at radius 3 is 1.41 bits per heavy atom. The Labute approximate surface area is 102 Å². The van der Waals surface area contributed by atoms with Gasteiger partial charge < -0.3 is 0 Å². The van der Waals surface area contributed by atoms with Crippen LogP contribution in [0.5, 0.6) is 0 Å². The highest BCUT2D eigenvalue weighted by Gasteiger charge is 2.15. The summed E-state index contributed by atoms with van der Waals surface area (Å²) < 4.78 is 4.51. The predicted molar refractivity (Wildman–Crippen MR) is 69.0 cm³/mol. The van der Waals surface area contributed by atoms with Gasteiger partial charge >= 0.3 is 8.51 Å². The third-order valence-electron chi connectivity index (χ3n) is 2.65. The van der Waals surface area contributed by atoms with Crippen LogP contribution in [-0.2, 0) is 0 Å². The number of aromatic nitrogens is 2. The molecule has 0 radical (unpaired) electrons. The Hall–Kier alpha value is -1.92. The van der Waals surface area contributed by atoms with Crippen LogP contribution < -0.4 is 8.66 Å². The number of para-hydroxylation sites is 2. The van der Waals surface area contributed by atoms with Crippen molar-refractivity contribution < 1.29 is 8.66 Å². The summed E-state index contributed by atoms with van der Waals surface area (Å²) in [4.78, 5) is 0. The Kier molecular flexibility index (Phi) is 2.73. The average molecular weight is 240 g/mol. The lowest BCUT2D eigenvalue weighted by Gasteiger charge is -1.87. The van der Waals surface area contributed by atoms with Gasteiger partial charge in [-0.25, -0.2) is 0 Å². The number of benzene rings is 2. The summed E-state index contributed by atoms with van der Waals surface area (Å²) in [5, 5.41) is 0. The standard InChI is InChI=1S/C14H13N2P/c1-3-7-13(8-4-1)15-11-12-16(17-15)14-9-5-2-6-10-14/h1-12,17H/q+2. The molecule has 0 bridgehead atoms. The highest BCUT2D eigenvalue weighted by Crippen LogP contribution is 2.04. The molecule has 2 nitrogen and oxygen atoms in total. The van der Waals surface area contributed by atoms with Gasteiger partial charge in [0.25, 0.3) is 0 Å². The third kappa shape index (κ3) is 2.13. The van der Waals surface area contributed by atoms with E-state index < -0.39 is 0 Å². The summed E-state index contributed by atoms with van der Waals surface area (Å²) in [5.74, 6) is 0. The molecule has 3 heteroatoms. The van der Waals surface area contributed by atoms with Crippen LogP contribution in [0.1, 0.15) is 0 Å². The highest BCUT2D eigenvalue weighted by molar-refractivity contribution is 7.12. The summed E-state index contributed by atoms with van der Waals surface area (Å²) in [6.45, 7) is 0. The molecule has 3 aromatic rings. The van der Waals surface area contributed by atoms with Crippen molar-refractivity contribution in [2.75, 3.05) is 0 Å². The first-order valence-electron chi connectivity index (χ1n) is 5.57. The second kappa shape index (κ2) is 4.52. The lowest BCUT2D eigenvalue weighted by molar-refractivity contribution is -0.562. The molecule has 1 aromatic heterocycles. The minimum atomic E-state index is 0.601. The lowest BCUT2D eigenvalue weighted by Crippen LogP contribution is -2.27. The maximum absolute atomic E-state index is 2.26. The molecule has 0 spiro atoms. The van der Waals surface area contributed by atoms with E-state index in [4.69, 9.17) is 0 Å². The van der Waals surface area contributed by atoms with Crippen LogP contribution in [0.15, 0.2) is 73.1 Å². The maximum atomic E-state index is 2.26. The summed E-state index contributed by atoms with van der Waals surface area (Å²) in [6.07, 6.45) is 4.25. The fourth-order valence-corrected chi connectivity index (χ4v) is 2.81. The number of rotatable bonds is 2. The van der Waals surface area contributed by atoms with E-state index in [1.165, 1.54) is 11.4 Å². The van der Waals surface area contributed by atoms with E-state index in [-0.39, 0.29) is 0 Å². The Morgan fingerprint density at radius 1 is 0.588 bits per heavy atom. The van der Waals surface area contributed by atoms with Crippen molar-refractivity contribution >= 4 is 8.51 Å². The van der Waals surface area contributed by atoms with Gasteiger partial charge in [0.15, 0.2) is 0 Å². The molecule has 3 rings (SSSR count). The van der Waals surface area contributed by atoms with Gasteiger partial charge in [0.1, 0.15) is 0 Å². The minimum Gasteiger partial charge on any atom is -0.103 e. The van der Waals surface area contributed by atoms with Gasteiger partial charge in [-0.05, 0) is 0 Å². The summed E-state index contributed by atoms with van der Waals surface area (Å²) >= 11 is 0. The van der Waals surface area contributed by atoms with Gasteiger partial charge in [0.05, 0.1) is 0 Å². The Bertz CT molecular complexity index is 548. The molecule has 0 saturated heterocycles. The Morgan fingerprint density at radius 2 is 1.00 bits per heavy atom. The summed E-state index contributed by atoms with van der Waals surface area (Å²) in [7, 11) is 0.601. The molecule has 0 saturated carbocycles. The van der Waals surface area contributed by atoms with Crippen molar-refractivity contribution in [3.8, 4) is 11.4 Å². The minimum absolute atomic E-state index is 0.601. The topological polar surface area (TPSA) is 7.76 Å². The molecule has 0 aliphatic heterocycles. The van der Waals surface area contributed by atoms with Gasteiger partial charge in [-0.1, -0.05) is 36.4 Å². The molecule has 0 aliphatic carbocycles. The first-order valence-corrected chi connectivity index (χ1v) is 6.46. The number of nitrogens with zero attached hydrogens (tertiary/aromatic N) is 2. The van der Waals surface area contributed by atoms with Crippen LogP contribution in [0.2, 0.25) is 0 Å². The van der Waals surface area contributed by atoms with Crippen molar-refractivity contribution in [1.82, 2.24) is 0 Å². The van der Waals surface area contributed by atoms with Crippen molar-refractivity contribution in [3.63, 3.8) is 0 Å². The van der Waals surface area contributed by atoms with Gasteiger partial charge in [-0.2, -0.15) is 0 Å². The van der Waals surface area contributed by atoms with E-state index in [9.17, 15) is 0 Å². The van der Waals surface area contributed by atoms with E-state index >= 15 is 0 Å². The van der Waals surface area contributed by atoms with Crippen LogP contribution in [0, 0.1) is 0 Å². The normalized spacial score (nSPS) is 10.4. The zero-order valence-electron chi connectivity index (χ0n) is 9.32. The fraction of sp³-hybridized carbons (Fsp3) is 0. The quantitative estimate of drug-likeness (QED) is 0.649. The second-order valence-electron chi connectivity index (χ2n) is 3.81. The number of hydrogen-bond acceptors (Lipinski definition) is 0. The van der Waals surface area contributed by atoms with Crippen LogP contribution in [0.25, 0.3) is 11.4 Å². The van der Waals surface area contributed by atoms with Gasteiger partial charge in [-0.15, -0.1) is 8.66 Å². The molecule has 0 amide bonds. The molecule has 17 heavy (non-hydrogen) atoms. The Balaban J connectivity index is 1.99. The first kappa shape index (κ1) is 10.2. The molecule has 2 aromatic carbocycles. The molecule has 0 unspecified atom stereocenters. The van der Waals surface area contributed by atoms with E-state index in [2.05, 4.69) is 69.6 Å². The molecular weight excluding hydrogens is 227 g/mol. The lowest BCUT2D eigenvalue weighted by atomic mass is 10.3. The zero-order chi connectivity index (χ0) is 11.5. The molecule has 0 N–H and O–H groups in total. The summed E-state index contributed by atoms with van der Waals surface area (Å²) in [6, 6.07) is 20.9. The molecule has 1 heterocycles. The van der Waals surface area contributed by atoms with Gasteiger partial charge in [0.2, 0.25) is 23.8 Å². The van der Waals surface area contributed by atoms with Crippen molar-refractivity contribution in [2.24, 2.45) is 0 Å². The second-order valence-corrected chi connectivity index (χ2v) is 4.97. The smallest absolute Gasteiger partial charge is 0.103 e. The predicted octanol–water partition coefficient (Wildman–Crippen LogP) is 2.27. The van der Waals surface area contributed by atoms with Crippen molar-refractivity contribution in [2.45, 2.75) is 0 Å². The first-order chi connectivity index (χ1) is 8.43. The van der Waals surface area contributed by atoms with Crippen LogP contribution in [0.4, 0.5) is 0 Å². The van der Waals surface area contributed by atoms with Crippen LogP contribution >= 0.6 is 8.51 Å². The molecule has 0 aliphatic rings. The van der Waals surface area contributed by atoms with Gasteiger partial charge in [0, 0.05) is 24.3 Å². The van der Waals surface area contributed by atoms with E-state index in [1.807, 2.05) is 12.1 Å². The molecule has 0 fully saturated rings.